The Bertz CT molecular complexity index is 784. The van der Waals surface area contributed by atoms with Gasteiger partial charge in [-0.3, -0.25) is 4.79 Å². The molecule has 0 aliphatic carbocycles. The van der Waals surface area contributed by atoms with Gasteiger partial charge in [0.25, 0.3) is 5.91 Å². The third-order valence-corrected chi connectivity index (χ3v) is 3.44. The number of benzene rings is 3. The maximum absolute atomic E-state index is 12.2. The van der Waals surface area contributed by atoms with Crippen LogP contribution in [0, 0.1) is 0 Å². The molecule has 0 fully saturated rings. The number of hydrogen-bond donors (Lipinski definition) is 1. The molecule has 0 aliphatic rings. The van der Waals surface area contributed by atoms with Crippen molar-refractivity contribution in [3.05, 3.63) is 72.8 Å². The van der Waals surface area contributed by atoms with E-state index in [1.807, 2.05) is 72.8 Å². The van der Waals surface area contributed by atoms with Crippen molar-refractivity contribution in [3.8, 4) is 5.75 Å². The molecule has 0 aliphatic heterocycles. The van der Waals surface area contributed by atoms with Crippen molar-refractivity contribution in [3.63, 3.8) is 0 Å². The highest BCUT2D eigenvalue weighted by Gasteiger charge is 2.14. The predicted octanol–water partition coefficient (Wildman–Crippen LogP) is 4.25. The minimum atomic E-state index is -0.561. The van der Waals surface area contributed by atoms with Gasteiger partial charge in [-0.1, -0.05) is 48.5 Å². The third kappa shape index (κ3) is 3.26. The van der Waals surface area contributed by atoms with Crippen LogP contribution >= 0.6 is 0 Å². The summed E-state index contributed by atoms with van der Waals surface area (Å²) in [6.07, 6.45) is -0.561. The molecule has 0 saturated heterocycles. The SMILES string of the molecule is C[C@H](Oc1ccccc1)C(=O)Nc1ccc2ccccc2c1. The summed E-state index contributed by atoms with van der Waals surface area (Å²) in [6, 6.07) is 23.2. The summed E-state index contributed by atoms with van der Waals surface area (Å²) in [4.78, 5) is 12.2. The molecule has 22 heavy (non-hydrogen) atoms. The number of carbonyl (C=O) groups excluding carboxylic acids is 1. The quantitative estimate of drug-likeness (QED) is 0.780. The first-order valence-corrected chi connectivity index (χ1v) is 7.24. The third-order valence-electron chi connectivity index (χ3n) is 3.44. The van der Waals surface area contributed by atoms with Gasteiger partial charge in [0, 0.05) is 5.69 Å². The summed E-state index contributed by atoms with van der Waals surface area (Å²) in [5.74, 6) is 0.516. The van der Waals surface area contributed by atoms with Crippen molar-refractivity contribution < 1.29 is 9.53 Å². The molecule has 3 nitrogen and oxygen atoms in total. The van der Waals surface area contributed by atoms with Crippen LogP contribution in [0.25, 0.3) is 10.8 Å². The van der Waals surface area contributed by atoms with Crippen molar-refractivity contribution in [2.75, 3.05) is 5.32 Å². The normalized spacial score (nSPS) is 11.9. The average Bonchev–Trinajstić information content (AvgIpc) is 2.55. The number of fused-ring (bicyclic) bond motifs is 1. The average molecular weight is 291 g/mol. The van der Waals surface area contributed by atoms with E-state index in [1.165, 1.54) is 0 Å². The van der Waals surface area contributed by atoms with Crippen LogP contribution in [0.1, 0.15) is 6.92 Å². The van der Waals surface area contributed by atoms with Gasteiger partial charge < -0.3 is 10.1 Å². The van der Waals surface area contributed by atoms with Crippen LogP contribution in [0.4, 0.5) is 5.69 Å². The Morgan fingerprint density at radius 3 is 2.36 bits per heavy atom. The first-order valence-electron chi connectivity index (χ1n) is 7.24. The van der Waals surface area contributed by atoms with Gasteiger partial charge in [-0.25, -0.2) is 0 Å². The van der Waals surface area contributed by atoms with E-state index in [9.17, 15) is 4.79 Å². The number of ether oxygens (including phenoxy) is 1. The van der Waals surface area contributed by atoms with Crippen molar-refractivity contribution in [1.82, 2.24) is 0 Å². The molecule has 0 spiro atoms. The van der Waals surface area contributed by atoms with Crippen LogP contribution in [0.5, 0.6) is 5.75 Å². The molecule has 3 heteroatoms. The van der Waals surface area contributed by atoms with Crippen molar-refractivity contribution in [2.24, 2.45) is 0 Å². The zero-order valence-corrected chi connectivity index (χ0v) is 12.3. The summed E-state index contributed by atoms with van der Waals surface area (Å²) < 4.78 is 5.62. The Morgan fingerprint density at radius 2 is 1.59 bits per heavy atom. The van der Waals surface area contributed by atoms with Crippen molar-refractivity contribution in [1.29, 1.82) is 0 Å². The Hall–Kier alpha value is -2.81. The monoisotopic (exact) mass is 291 g/mol. The van der Waals surface area contributed by atoms with E-state index < -0.39 is 6.10 Å². The van der Waals surface area contributed by atoms with Crippen molar-refractivity contribution in [2.45, 2.75) is 13.0 Å². The number of nitrogens with one attached hydrogen (secondary N) is 1. The molecule has 0 heterocycles. The van der Waals surface area contributed by atoms with Crippen LogP contribution in [0.2, 0.25) is 0 Å². The van der Waals surface area contributed by atoms with E-state index in [-0.39, 0.29) is 5.91 Å². The Balaban J connectivity index is 1.69. The van der Waals surface area contributed by atoms with Gasteiger partial charge in [-0.05, 0) is 42.0 Å². The van der Waals surface area contributed by atoms with Gasteiger partial charge in [-0.15, -0.1) is 0 Å². The maximum Gasteiger partial charge on any atom is 0.265 e. The first-order chi connectivity index (χ1) is 10.7. The van der Waals surface area contributed by atoms with Gasteiger partial charge >= 0.3 is 0 Å². The van der Waals surface area contributed by atoms with Gasteiger partial charge in [-0.2, -0.15) is 0 Å². The molecule has 1 amide bonds. The summed E-state index contributed by atoms with van der Waals surface area (Å²) in [6.45, 7) is 1.74. The number of carbonyl (C=O) groups is 1. The second-order valence-electron chi connectivity index (χ2n) is 5.12. The first kappa shape index (κ1) is 14.1. The van der Waals surface area contributed by atoms with Crippen LogP contribution in [0.15, 0.2) is 72.8 Å². The topological polar surface area (TPSA) is 38.3 Å². The zero-order chi connectivity index (χ0) is 15.4. The van der Waals surface area contributed by atoms with Crippen LogP contribution in [0.3, 0.4) is 0 Å². The summed E-state index contributed by atoms with van der Waals surface area (Å²) in [5.41, 5.74) is 0.771. The fraction of sp³-hybridized carbons (Fsp3) is 0.105. The lowest BCUT2D eigenvalue weighted by Crippen LogP contribution is -2.30. The van der Waals surface area contributed by atoms with E-state index in [0.717, 1.165) is 16.5 Å². The number of para-hydroxylation sites is 1. The molecule has 0 radical (unpaired) electrons. The molecule has 1 atom stereocenters. The molecule has 0 aromatic heterocycles. The van der Waals surface area contributed by atoms with Gasteiger partial charge in [0.05, 0.1) is 0 Å². The van der Waals surface area contributed by atoms with E-state index in [4.69, 9.17) is 4.74 Å². The molecule has 0 bridgehead atoms. The summed E-state index contributed by atoms with van der Waals surface area (Å²) in [7, 11) is 0. The fourth-order valence-corrected chi connectivity index (χ4v) is 2.27. The second kappa shape index (κ2) is 6.31. The highest BCUT2D eigenvalue weighted by Crippen LogP contribution is 2.19. The highest BCUT2D eigenvalue weighted by atomic mass is 16.5. The Morgan fingerprint density at radius 1 is 0.909 bits per heavy atom. The van der Waals surface area contributed by atoms with Crippen LogP contribution in [-0.2, 0) is 4.79 Å². The smallest absolute Gasteiger partial charge is 0.265 e. The molecule has 1 N–H and O–H groups in total. The lowest BCUT2D eigenvalue weighted by Gasteiger charge is -2.15. The van der Waals surface area contributed by atoms with Gasteiger partial charge in [0.15, 0.2) is 6.10 Å². The molecule has 110 valence electrons. The number of rotatable bonds is 4. The summed E-state index contributed by atoms with van der Waals surface area (Å²) >= 11 is 0. The molecule has 3 aromatic carbocycles. The maximum atomic E-state index is 12.2. The number of amides is 1. The molecule has 0 saturated carbocycles. The van der Waals surface area contributed by atoms with E-state index in [1.54, 1.807) is 6.92 Å². The lowest BCUT2D eigenvalue weighted by molar-refractivity contribution is -0.122. The lowest BCUT2D eigenvalue weighted by atomic mass is 10.1. The number of hydrogen-bond acceptors (Lipinski definition) is 2. The summed E-state index contributed by atoms with van der Waals surface area (Å²) in [5, 5.41) is 5.13. The number of anilines is 1. The molecule has 0 unspecified atom stereocenters. The molecular weight excluding hydrogens is 274 g/mol. The largest absolute Gasteiger partial charge is 0.481 e. The molecule has 3 aromatic rings. The van der Waals surface area contributed by atoms with Crippen LogP contribution < -0.4 is 10.1 Å². The fourth-order valence-electron chi connectivity index (χ4n) is 2.27. The molecule has 3 rings (SSSR count). The van der Waals surface area contributed by atoms with Crippen molar-refractivity contribution >= 4 is 22.4 Å². The predicted molar refractivity (Wildman–Crippen MR) is 89.1 cm³/mol. The Labute approximate surface area is 129 Å². The second-order valence-corrected chi connectivity index (χ2v) is 5.12. The van der Waals surface area contributed by atoms with Gasteiger partial charge in [0.1, 0.15) is 5.75 Å². The van der Waals surface area contributed by atoms with Crippen LogP contribution in [-0.4, -0.2) is 12.0 Å². The van der Waals surface area contributed by atoms with E-state index in [2.05, 4.69) is 5.32 Å². The van der Waals surface area contributed by atoms with E-state index >= 15 is 0 Å². The zero-order valence-electron chi connectivity index (χ0n) is 12.3. The molecular formula is C19H17NO2. The van der Waals surface area contributed by atoms with E-state index in [0.29, 0.717) is 5.75 Å². The standard InChI is InChI=1S/C19H17NO2/c1-14(22-18-9-3-2-4-10-18)19(21)20-17-12-11-15-7-5-6-8-16(15)13-17/h2-14H,1H3,(H,20,21)/t14-/m0/s1. The Kier molecular flexibility index (Phi) is 4.05. The highest BCUT2D eigenvalue weighted by molar-refractivity contribution is 5.96. The van der Waals surface area contributed by atoms with Gasteiger partial charge in [0.2, 0.25) is 0 Å². The minimum Gasteiger partial charge on any atom is -0.481 e. The minimum absolute atomic E-state index is 0.167.